The van der Waals surface area contributed by atoms with Crippen molar-refractivity contribution in [2.45, 2.75) is 51.7 Å². The third-order valence-electron chi connectivity index (χ3n) is 5.55. The van der Waals surface area contributed by atoms with Crippen molar-refractivity contribution in [3.8, 4) is 0 Å². The Morgan fingerprint density at radius 2 is 1.92 bits per heavy atom. The van der Waals surface area contributed by atoms with Gasteiger partial charge < -0.3 is 10.2 Å². The van der Waals surface area contributed by atoms with Crippen LogP contribution >= 0.6 is 0 Å². The summed E-state index contributed by atoms with van der Waals surface area (Å²) in [7, 11) is 2.10. The summed E-state index contributed by atoms with van der Waals surface area (Å²) in [6, 6.07) is 17.0. The van der Waals surface area contributed by atoms with Crippen molar-refractivity contribution in [2.24, 2.45) is 0 Å². The lowest BCUT2D eigenvalue weighted by Gasteiger charge is -2.29. The molecule has 3 rings (SSSR count). The monoisotopic (exact) mass is 337 g/mol. The summed E-state index contributed by atoms with van der Waals surface area (Å²) in [5.41, 5.74) is 5.27. The van der Waals surface area contributed by atoms with Crippen LogP contribution in [0.4, 0.5) is 0 Å². The number of carbonyl (C=O) groups excluding carboxylic acids is 1. The van der Waals surface area contributed by atoms with E-state index >= 15 is 0 Å². The molecule has 0 radical (unpaired) electrons. The largest absolute Gasteiger partial charge is 0.344 e. The van der Waals surface area contributed by atoms with Gasteiger partial charge >= 0.3 is 0 Å². The number of fused-ring (bicyclic) bond motifs is 1. The SMILES string of the molecule is Cc1ccccc1C[NH+](C)[C@@H](C)C(=O)N[C@@H]1CCCc2ccccc21. The molecular weight excluding hydrogens is 308 g/mol. The van der Waals surface area contributed by atoms with E-state index in [1.807, 2.05) is 6.92 Å². The van der Waals surface area contributed by atoms with Gasteiger partial charge in [-0.1, -0.05) is 48.5 Å². The Kier molecular flexibility index (Phi) is 5.54. The summed E-state index contributed by atoms with van der Waals surface area (Å²) in [6.07, 6.45) is 3.30. The lowest BCUT2D eigenvalue weighted by molar-refractivity contribution is -0.908. The Hall–Kier alpha value is -2.13. The fraction of sp³-hybridized carbons (Fsp3) is 0.409. The Bertz CT molecular complexity index is 740. The Labute approximate surface area is 151 Å². The summed E-state index contributed by atoms with van der Waals surface area (Å²) in [5, 5.41) is 3.30. The average Bonchev–Trinajstić information content (AvgIpc) is 2.63. The molecule has 2 aromatic rings. The number of hydrogen-bond donors (Lipinski definition) is 2. The molecular formula is C22H29N2O+. The lowest BCUT2D eigenvalue weighted by atomic mass is 9.87. The highest BCUT2D eigenvalue weighted by atomic mass is 16.2. The second-order valence-electron chi connectivity index (χ2n) is 7.32. The van der Waals surface area contributed by atoms with E-state index in [-0.39, 0.29) is 18.0 Å². The smallest absolute Gasteiger partial charge is 0.278 e. The van der Waals surface area contributed by atoms with Crippen LogP contribution in [0.5, 0.6) is 0 Å². The summed E-state index contributed by atoms with van der Waals surface area (Å²) < 4.78 is 0. The molecule has 2 N–H and O–H groups in total. The predicted octanol–water partition coefficient (Wildman–Crippen LogP) is 2.59. The minimum atomic E-state index is -0.0753. The highest BCUT2D eigenvalue weighted by molar-refractivity contribution is 5.80. The fourth-order valence-corrected chi connectivity index (χ4v) is 3.69. The van der Waals surface area contributed by atoms with Crippen molar-refractivity contribution in [2.75, 3.05) is 7.05 Å². The molecule has 0 spiro atoms. The molecule has 3 nitrogen and oxygen atoms in total. The lowest BCUT2D eigenvalue weighted by Crippen LogP contribution is -3.12. The number of likely N-dealkylation sites (N-methyl/N-ethyl adjacent to an activating group) is 1. The van der Waals surface area contributed by atoms with Crippen LogP contribution in [-0.2, 0) is 17.8 Å². The van der Waals surface area contributed by atoms with Gasteiger partial charge in [-0.3, -0.25) is 4.79 Å². The topological polar surface area (TPSA) is 33.5 Å². The van der Waals surface area contributed by atoms with Gasteiger partial charge in [0.25, 0.3) is 5.91 Å². The van der Waals surface area contributed by atoms with Crippen LogP contribution in [0.3, 0.4) is 0 Å². The number of amides is 1. The van der Waals surface area contributed by atoms with Crippen molar-refractivity contribution in [1.82, 2.24) is 5.32 Å². The van der Waals surface area contributed by atoms with E-state index in [0.717, 1.165) is 25.8 Å². The van der Waals surface area contributed by atoms with Gasteiger partial charge in [-0.05, 0) is 49.8 Å². The van der Waals surface area contributed by atoms with E-state index in [2.05, 4.69) is 67.8 Å². The quantitative estimate of drug-likeness (QED) is 0.864. The van der Waals surface area contributed by atoms with E-state index in [1.54, 1.807) is 0 Å². The van der Waals surface area contributed by atoms with Crippen LogP contribution in [0.15, 0.2) is 48.5 Å². The number of carbonyl (C=O) groups is 1. The molecule has 0 heterocycles. The third-order valence-corrected chi connectivity index (χ3v) is 5.55. The number of nitrogens with one attached hydrogen (secondary N) is 2. The average molecular weight is 337 g/mol. The van der Waals surface area contributed by atoms with E-state index in [1.165, 1.54) is 27.2 Å². The van der Waals surface area contributed by atoms with E-state index < -0.39 is 0 Å². The van der Waals surface area contributed by atoms with Crippen LogP contribution in [0.25, 0.3) is 0 Å². The molecule has 3 atom stereocenters. The highest BCUT2D eigenvalue weighted by Gasteiger charge is 2.27. The van der Waals surface area contributed by atoms with Gasteiger partial charge in [-0.25, -0.2) is 0 Å². The van der Waals surface area contributed by atoms with Crippen LogP contribution in [-0.4, -0.2) is 19.0 Å². The standard InChI is InChI=1S/C22H28N2O/c1-16-9-4-5-11-19(16)15-24(3)17(2)22(25)23-21-14-8-12-18-10-6-7-13-20(18)21/h4-7,9-11,13,17,21H,8,12,14-15H2,1-3H3,(H,23,25)/p+1/t17-,21+/m0/s1. The molecule has 132 valence electrons. The number of aryl methyl sites for hydroxylation is 2. The molecule has 25 heavy (non-hydrogen) atoms. The number of quaternary nitrogens is 1. The Morgan fingerprint density at radius 1 is 1.20 bits per heavy atom. The molecule has 1 aliphatic rings. The normalized spacial score (nSPS) is 18.9. The van der Waals surface area contributed by atoms with E-state index in [4.69, 9.17) is 0 Å². The number of benzene rings is 2. The Morgan fingerprint density at radius 3 is 2.72 bits per heavy atom. The molecule has 0 bridgehead atoms. The number of hydrogen-bond acceptors (Lipinski definition) is 1. The molecule has 0 fully saturated rings. The maximum Gasteiger partial charge on any atom is 0.278 e. The van der Waals surface area contributed by atoms with Crippen LogP contribution in [0.2, 0.25) is 0 Å². The number of rotatable bonds is 5. The third kappa shape index (κ3) is 4.10. The van der Waals surface area contributed by atoms with Gasteiger partial charge in [0, 0.05) is 5.56 Å². The zero-order valence-corrected chi connectivity index (χ0v) is 15.5. The van der Waals surface area contributed by atoms with Crippen molar-refractivity contribution >= 4 is 5.91 Å². The zero-order valence-electron chi connectivity index (χ0n) is 15.5. The second-order valence-corrected chi connectivity index (χ2v) is 7.32. The summed E-state index contributed by atoms with van der Waals surface area (Å²) >= 11 is 0. The highest BCUT2D eigenvalue weighted by Crippen LogP contribution is 2.29. The molecule has 1 unspecified atom stereocenters. The van der Waals surface area contributed by atoms with Crippen LogP contribution < -0.4 is 10.2 Å². The van der Waals surface area contributed by atoms with E-state index in [0.29, 0.717) is 0 Å². The summed E-state index contributed by atoms with van der Waals surface area (Å²) in [5.74, 6) is 0.146. The maximum atomic E-state index is 12.8. The Balaban J connectivity index is 1.64. The van der Waals surface area contributed by atoms with Gasteiger partial charge in [0.15, 0.2) is 6.04 Å². The van der Waals surface area contributed by atoms with Crippen molar-refractivity contribution in [1.29, 1.82) is 0 Å². The first kappa shape index (κ1) is 17.7. The van der Waals surface area contributed by atoms with Gasteiger partial charge in [0.1, 0.15) is 6.54 Å². The minimum absolute atomic E-state index is 0.0753. The maximum absolute atomic E-state index is 12.8. The molecule has 1 aliphatic carbocycles. The summed E-state index contributed by atoms with van der Waals surface area (Å²) in [4.78, 5) is 14.0. The van der Waals surface area contributed by atoms with E-state index in [9.17, 15) is 4.79 Å². The van der Waals surface area contributed by atoms with Gasteiger partial charge in [-0.15, -0.1) is 0 Å². The molecule has 0 saturated heterocycles. The molecule has 3 heteroatoms. The first-order valence-corrected chi connectivity index (χ1v) is 9.31. The van der Waals surface area contributed by atoms with Crippen molar-refractivity contribution in [3.63, 3.8) is 0 Å². The van der Waals surface area contributed by atoms with Gasteiger partial charge in [-0.2, -0.15) is 0 Å². The van der Waals surface area contributed by atoms with Crippen molar-refractivity contribution in [3.05, 3.63) is 70.8 Å². The van der Waals surface area contributed by atoms with Crippen molar-refractivity contribution < 1.29 is 9.69 Å². The van der Waals surface area contributed by atoms with Crippen LogP contribution in [0.1, 0.15) is 48.1 Å². The molecule has 1 amide bonds. The first-order valence-electron chi connectivity index (χ1n) is 9.31. The van der Waals surface area contributed by atoms with Crippen LogP contribution in [0, 0.1) is 6.92 Å². The van der Waals surface area contributed by atoms with Gasteiger partial charge in [0.2, 0.25) is 0 Å². The fourth-order valence-electron chi connectivity index (χ4n) is 3.69. The molecule has 0 saturated carbocycles. The molecule has 0 aromatic heterocycles. The zero-order chi connectivity index (χ0) is 17.8. The molecule has 0 aliphatic heterocycles. The first-order chi connectivity index (χ1) is 12.1. The molecule has 2 aromatic carbocycles. The minimum Gasteiger partial charge on any atom is -0.344 e. The summed E-state index contributed by atoms with van der Waals surface area (Å²) in [6.45, 7) is 5.02. The van der Waals surface area contributed by atoms with Gasteiger partial charge in [0.05, 0.1) is 13.1 Å². The predicted molar refractivity (Wildman–Crippen MR) is 101 cm³/mol. The second kappa shape index (κ2) is 7.83.